The van der Waals surface area contributed by atoms with Crippen LogP contribution in [0.3, 0.4) is 0 Å². The molecule has 0 saturated heterocycles. The maximum Gasteiger partial charge on any atom is 0.119 e. The van der Waals surface area contributed by atoms with Crippen molar-refractivity contribution >= 4 is 15.9 Å². The molecule has 0 N–H and O–H groups in total. The molecule has 0 saturated carbocycles. The van der Waals surface area contributed by atoms with E-state index in [-0.39, 0.29) is 0 Å². The largest absolute Gasteiger partial charge is 0.489 e. The van der Waals surface area contributed by atoms with Crippen LogP contribution in [0.25, 0.3) is 0 Å². The predicted octanol–water partition coefficient (Wildman–Crippen LogP) is 4.16. The minimum absolute atomic E-state index is 0.618. The first-order valence-corrected chi connectivity index (χ1v) is 6.32. The van der Waals surface area contributed by atoms with Crippen molar-refractivity contribution in [1.29, 1.82) is 0 Å². The summed E-state index contributed by atoms with van der Waals surface area (Å²) in [7, 11) is 0. The van der Waals surface area contributed by atoms with Gasteiger partial charge in [-0.2, -0.15) is 0 Å². The Balaban J connectivity index is 1.94. The molecule has 2 aromatic rings. The van der Waals surface area contributed by atoms with Crippen molar-refractivity contribution in [3.8, 4) is 5.75 Å². The lowest BCUT2D eigenvalue weighted by molar-refractivity contribution is 0.306. The van der Waals surface area contributed by atoms with Crippen molar-refractivity contribution in [2.75, 3.05) is 0 Å². The Labute approximate surface area is 104 Å². The Kier molecular flexibility index (Phi) is 4.00. The summed E-state index contributed by atoms with van der Waals surface area (Å²) in [5, 5.41) is 0.896. The summed E-state index contributed by atoms with van der Waals surface area (Å²) in [6, 6.07) is 18.3. The molecule has 82 valence electrons. The zero-order valence-corrected chi connectivity index (χ0v) is 10.5. The number of alkyl halides is 1. The van der Waals surface area contributed by atoms with E-state index in [1.807, 2.05) is 30.3 Å². The molecule has 0 atom stereocenters. The Hall–Kier alpha value is -1.28. The molecule has 0 amide bonds. The SMILES string of the molecule is BrCc1ccc(COc2ccccc2)cc1. The van der Waals surface area contributed by atoms with Crippen molar-refractivity contribution < 1.29 is 4.74 Å². The third-order valence-corrected chi connectivity index (χ3v) is 2.97. The highest BCUT2D eigenvalue weighted by Gasteiger charge is 1.95. The van der Waals surface area contributed by atoms with Gasteiger partial charge in [0.1, 0.15) is 12.4 Å². The first-order valence-electron chi connectivity index (χ1n) is 5.20. The molecule has 16 heavy (non-hydrogen) atoms. The van der Waals surface area contributed by atoms with Gasteiger partial charge in [0.2, 0.25) is 0 Å². The molecule has 0 spiro atoms. The van der Waals surface area contributed by atoms with Crippen LogP contribution in [0, 0.1) is 0 Å². The highest BCUT2D eigenvalue weighted by atomic mass is 79.9. The monoisotopic (exact) mass is 276 g/mol. The third kappa shape index (κ3) is 3.11. The number of ether oxygens (including phenoxy) is 1. The van der Waals surface area contributed by atoms with Crippen LogP contribution in [-0.4, -0.2) is 0 Å². The molecule has 0 bridgehead atoms. The van der Waals surface area contributed by atoms with Crippen molar-refractivity contribution in [3.63, 3.8) is 0 Å². The highest BCUT2D eigenvalue weighted by Crippen LogP contribution is 2.13. The van der Waals surface area contributed by atoms with E-state index >= 15 is 0 Å². The Morgan fingerprint density at radius 2 is 1.44 bits per heavy atom. The summed E-state index contributed by atoms with van der Waals surface area (Å²) in [5.74, 6) is 0.909. The van der Waals surface area contributed by atoms with Crippen LogP contribution < -0.4 is 4.74 Å². The van der Waals surface area contributed by atoms with Gasteiger partial charge in [-0.05, 0) is 23.3 Å². The first kappa shape index (κ1) is 11.2. The molecule has 0 radical (unpaired) electrons. The average Bonchev–Trinajstić information content (AvgIpc) is 2.38. The van der Waals surface area contributed by atoms with Gasteiger partial charge in [-0.3, -0.25) is 0 Å². The lowest BCUT2D eigenvalue weighted by Crippen LogP contribution is -1.95. The van der Waals surface area contributed by atoms with E-state index in [1.54, 1.807) is 0 Å². The molecule has 0 aliphatic rings. The van der Waals surface area contributed by atoms with E-state index in [0.717, 1.165) is 11.1 Å². The lowest BCUT2D eigenvalue weighted by atomic mass is 10.2. The van der Waals surface area contributed by atoms with E-state index in [9.17, 15) is 0 Å². The summed E-state index contributed by atoms with van der Waals surface area (Å²) in [6.07, 6.45) is 0. The molecule has 0 aliphatic carbocycles. The maximum absolute atomic E-state index is 5.65. The molecular formula is C14H13BrO. The lowest BCUT2D eigenvalue weighted by Gasteiger charge is -2.06. The van der Waals surface area contributed by atoms with Crippen LogP contribution in [0.2, 0.25) is 0 Å². The summed E-state index contributed by atoms with van der Waals surface area (Å²) in [4.78, 5) is 0. The number of hydrogen-bond donors (Lipinski definition) is 0. The van der Waals surface area contributed by atoms with Gasteiger partial charge in [-0.1, -0.05) is 58.4 Å². The molecule has 0 heterocycles. The third-order valence-electron chi connectivity index (χ3n) is 2.33. The number of hydrogen-bond acceptors (Lipinski definition) is 1. The summed E-state index contributed by atoms with van der Waals surface area (Å²) in [5.41, 5.74) is 2.47. The van der Waals surface area contributed by atoms with Gasteiger partial charge in [-0.15, -0.1) is 0 Å². The van der Waals surface area contributed by atoms with E-state index in [0.29, 0.717) is 6.61 Å². The smallest absolute Gasteiger partial charge is 0.119 e. The fourth-order valence-electron chi connectivity index (χ4n) is 1.41. The number of benzene rings is 2. The molecule has 1 nitrogen and oxygen atoms in total. The normalized spacial score (nSPS) is 10.1. The second-order valence-electron chi connectivity index (χ2n) is 3.55. The van der Waals surface area contributed by atoms with Crippen molar-refractivity contribution in [3.05, 3.63) is 65.7 Å². The molecule has 2 aromatic carbocycles. The van der Waals surface area contributed by atoms with Crippen LogP contribution in [0.4, 0.5) is 0 Å². The Morgan fingerprint density at radius 3 is 2.06 bits per heavy atom. The van der Waals surface area contributed by atoms with Gasteiger partial charge in [0, 0.05) is 5.33 Å². The first-order chi connectivity index (χ1) is 7.88. The molecule has 0 aromatic heterocycles. The van der Waals surface area contributed by atoms with E-state index in [1.165, 1.54) is 11.1 Å². The van der Waals surface area contributed by atoms with Gasteiger partial charge < -0.3 is 4.74 Å². The number of para-hydroxylation sites is 1. The molecule has 2 rings (SSSR count). The van der Waals surface area contributed by atoms with Crippen molar-refractivity contribution in [2.45, 2.75) is 11.9 Å². The second-order valence-corrected chi connectivity index (χ2v) is 4.11. The minimum Gasteiger partial charge on any atom is -0.489 e. The van der Waals surface area contributed by atoms with Gasteiger partial charge >= 0.3 is 0 Å². The molecule has 0 unspecified atom stereocenters. The van der Waals surface area contributed by atoms with Crippen LogP contribution in [0.1, 0.15) is 11.1 Å². The minimum atomic E-state index is 0.618. The second kappa shape index (κ2) is 5.71. The molecule has 2 heteroatoms. The van der Waals surface area contributed by atoms with E-state index < -0.39 is 0 Å². The Bertz CT molecular complexity index is 422. The maximum atomic E-state index is 5.65. The topological polar surface area (TPSA) is 9.23 Å². The van der Waals surface area contributed by atoms with Crippen molar-refractivity contribution in [1.82, 2.24) is 0 Å². The quantitative estimate of drug-likeness (QED) is 0.762. The van der Waals surface area contributed by atoms with Gasteiger partial charge in [0.15, 0.2) is 0 Å². The standard InChI is InChI=1S/C14H13BrO/c15-10-12-6-8-13(9-7-12)11-16-14-4-2-1-3-5-14/h1-9H,10-11H2. The van der Waals surface area contributed by atoms with Crippen LogP contribution >= 0.6 is 15.9 Å². The van der Waals surface area contributed by atoms with Crippen LogP contribution in [0.5, 0.6) is 5.75 Å². The van der Waals surface area contributed by atoms with E-state index in [2.05, 4.69) is 40.2 Å². The summed E-state index contributed by atoms with van der Waals surface area (Å²) >= 11 is 3.43. The van der Waals surface area contributed by atoms with Gasteiger partial charge in [-0.25, -0.2) is 0 Å². The molecule has 0 fully saturated rings. The van der Waals surface area contributed by atoms with Gasteiger partial charge in [0.05, 0.1) is 0 Å². The molecule has 0 aliphatic heterocycles. The average molecular weight is 277 g/mol. The van der Waals surface area contributed by atoms with E-state index in [4.69, 9.17) is 4.74 Å². The van der Waals surface area contributed by atoms with Crippen molar-refractivity contribution in [2.24, 2.45) is 0 Å². The highest BCUT2D eigenvalue weighted by molar-refractivity contribution is 9.08. The Morgan fingerprint density at radius 1 is 0.812 bits per heavy atom. The van der Waals surface area contributed by atoms with Gasteiger partial charge in [0.25, 0.3) is 0 Å². The summed E-state index contributed by atoms with van der Waals surface area (Å²) < 4.78 is 5.65. The number of rotatable bonds is 4. The fraction of sp³-hybridized carbons (Fsp3) is 0.143. The zero-order chi connectivity index (χ0) is 11.2. The fourth-order valence-corrected chi connectivity index (χ4v) is 1.78. The van der Waals surface area contributed by atoms with Crippen LogP contribution in [-0.2, 0) is 11.9 Å². The molecular weight excluding hydrogens is 264 g/mol. The number of halogens is 1. The summed E-state index contributed by atoms with van der Waals surface area (Å²) in [6.45, 7) is 0.618. The van der Waals surface area contributed by atoms with Crippen LogP contribution in [0.15, 0.2) is 54.6 Å². The predicted molar refractivity (Wildman–Crippen MR) is 69.8 cm³/mol. The zero-order valence-electron chi connectivity index (χ0n) is 8.90.